The summed E-state index contributed by atoms with van der Waals surface area (Å²) < 4.78 is 1.03. The fourth-order valence-corrected chi connectivity index (χ4v) is 5.13. The maximum Gasteiger partial charge on any atom is 0.349 e. The monoisotopic (exact) mass is 458 g/mol. The van der Waals surface area contributed by atoms with E-state index >= 15 is 0 Å². The fourth-order valence-electron chi connectivity index (χ4n) is 3.23. The van der Waals surface area contributed by atoms with Crippen molar-refractivity contribution in [2.45, 2.75) is 19.3 Å². The molecule has 152 valence electrons. The molecule has 0 aliphatic heterocycles. The number of nitrogens with zero attached hydrogens (tertiary/aromatic N) is 3. The summed E-state index contributed by atoms with van der Waals surface area (Å²) in [6.45, 7) is 4.00. The minimum atomic E-state index is -0.672. The third kappa shape index (κ3) is 3.71. The first-order valence-corrected chi connectivity index (χ1v) is 10.6. The van der Waals surface area contributed by atoms with Crippen LogP contribution >= 0.6 is 34.5 Å². The zero-order valence-electron chi connectivity index (χ0n) is 16.0. The van der Waals surface area contributed by atoms with Gasteiger partial charge in [0.1, 0.15) is 11.2 Å². The zero-order chi connectivity index (χ0) is 21.5. The smallest absolute Gasteiger partial charge is 0.271 e. The average Bonchev–Trinajstić information content (AvgIpc) is 3.19. The number of nitrogens with one attached hydrogen (secondary N) is 1. The van der Waals surface area contributed by atoms with Gasteiger partial charge in [-0.15, -0.1) is 11.3 Å². The fraction of sp³-hybridized carbons (Fsp3) is 0.143. The second-order valence-corrected chi connectivity index (χ2v) is 8.84. The third-order valence-electron chi connectivity index (χ3n) is 4.72. The first-order chi connectivity index (χ1) is 14.3. The standard InChI is InChI=1S/C21H16Cl2N4O2S/c1-21(2,19-25-16(11-30-19)12-6-4-3-5-7-12)18-14(22)8-13(9-15(18)23)27-20(29)26-17(28)10-24-27/h3-11H,1-2H3,(H,26,28,29). The molecular formula is C21H16Cl2N4O2S. The SMILES string of the molecule is CC(C)(c1nc(-c2ccccc2)cs1)c1c(Cl)cc(-n2ncc(=O)[nH]c2=O)cc1Cl. The van der Waals surface area contributed by atoms with Crippen LogP contribution in [-0.2, 0) is 5.41 Å². The van der Waals surface area contributed by atoms with Crippen molar-refractivity contribution in [2.24, 2.45) is 0 Å². The molecule has 0 amide bonds. The number of hydrogen-bond acceptors (Lipinski definition) is 5. The van der Waals surface area contributed by atoms with Crippen molar-refractivity contribution in [3.05, 3.63) is 95.5 Å². The van der Waals surface area contributed by atoms with Gasteiger partial charge in [-0.3, -0.25) is 9.78 Å². The number of H-pyrrole nitrogens is 1. The Labute approximate surface area is 185 Å². The highest BCUT2D eigenvalue weighted by molar-refractivity contribution is 7.10. The summed E-state index contributed by atoms with van der Waals surface area (Å²) in [6.07, 6.45) is 1.02. The molecule has 0 atom stereocenters. The van der Waals surface area contributed by atoms with Crippen LogP contribution < -0.4 is 11.2 Å². The third-order valence-corrected chi connectivity index (χ3v) is 6.48. The van der Waals surface area contributed by atoms with Crippen molar-refractivity contribution in [3.8, 4) is 16.9 Å². The molecule has 0 fully saturated rings. The first-order valence-electron chi connectivity index (χ1n) is 8.97. The Hall–Kier alpha value is -2.74. The Kier molecular flexibility index (Phi) is 5.36. The number of rotatable bonds is 4. The minimum absolute atomic E-state index is 0.356. The highest BCUT2D eigenvalue weighted by Crippen LogP contribution is 2.43. The lowest BCUT2D eigenvalue weighted by Crippen LogP contribution is -2.30. The summed E-state index contributed by atoms with van der Waals surface area (Å²) in [4.78, 5) is 30.3. The van der Waals surface area contributed by atoms with Gasteiger partial charge < -0.3 is 0 Å². The van der Waals surface area contributed by atoms with Gasteiger partial charge in [-0.2, -0.15) is 9.78 Å². The Balaban J connectivity index is 1.77. The lowest BCUT2D eigenvalue weighted by atomic mass is 9.85. The summed E-state index contributed by atoms with van der Waals surface area (Å²) >= 11 is 14.7. The van der Waals surface area contributed by atoms with Crippen LogP contribution in [0.5, 0.6) is 0 Å². The van der Waals surface area contributed by atoms with Gasteiger partial charge in [0, 0.05) is 32.0 Å². The molecule has 0 spiro atoms. The molecule has 6 nitrogen and oxygen atoms in total. The van der Waals surface area contributed by atoms with Gasteiger partial charge in [0.2, 0.25) is 0 Å². The Morgan fingerprint density at radius 2 is 1.73 bits per heavy atom. The van der Waals surface area contributed by atoms with E-state index in [4.69, 9.17) is 28.2 Å². The van der Waals surface area contributed by atoms with Gasteiger partial charge in [-0.05, 0) is 26.0 Å². The zero-order valence-corrected chi connectivity index (χ0v) is 18.3. The van der Waals surface area contributed by atoms with Crippen LogP contribution in [0.4, 0.5) is 0 Å². The summed E-state index contributed by atoms with van der Waals surface area (Å²) in [7, 11) is 0. The van der Waals surface area contributed by atoms with E-state index in [0.29, 0.717) is 21.3 Å². The molecule has 4 aromatic rings. The quantitative estimate of drug-likeness (QED) is 0.481. The molecule has 9 heteroatoms. The van der Waals surface area contributed by atoms with E-state index in [0.717, 1.165) is 27.1 Å². The van der Waals surface area contributed by atoms with Gasteiger partial charge in [-0.25, -0.2) is 9.78 Å². The predicted octanol–water partition coefficient (Wildman–Crippen LogP) is 4.68. The number of thiazole rings is 1. The van der Waals surface area contributed by atoms with Crippen LogP contribution in [-0.4, -0.2) is 19.7 Å². The lowest BCUT2D eigenvalue weighted by molar-refractivity contribution is 0.635. The van der Waals surface area contributed by atoms with Crippen LogP contribution in [0.3, 0.4) is 0 Å². The molecule has 0 saturated heterocycles. The first kappa shape index (κ1) is 20.5. The van der Waals surface area contributed by atoms with Gasteiger partial charge in [-0.1, -0.05) is 53.5 Å². The van der Waals surface area contributed by atoms with Gasteiger partial charge in [0.05, 0.1) is 11.4 Å². The number of halogens is 2. The summed E-state index contributed by atoms with van der Waals surface area (Å²) in [5, 5.41) is 7.46. The molecule has 2 aromatic heterocycles. The highest BCUT2D eigenvalue weighted by atomic mass is 35.5. The summed E-state index contributed by atoms with van der Waals surface area (Å²) in [5.41, 5.74) is 1.14. The van der Waals surface area contributed by atoms with E-state index in [9.17, 15) is 9.59 Å². The second-order valence-electron chi connectivity index (χ2n) is 7.16. The van der Waals surface area contributed by atoms with Crippen molar-refractivity contribution in [3.63, 3.8) is 0 Å². The van der Waals surface area contributed by atoms with E-state index in [1.54, 1.807) is 12.1 Å². The summed E-state index contributed by atoms with van der Waals surface area (Å²) in [6, 6.07) is 13.1. The molecule has 0 saturated carbocycles. The second kappa shape index (κ2) is 7.83. The molecule has 0 aliphatic carbocycles. The van der Waals surface area contributed by atoms with Crippen LogP contribution in [0.2, 0.25) is 10.0 Å². The van der Waals surface area contributed by atoms with E-state index < -0.39 is 16.7 Å². The predicted molar refractivity (Wildman–Crippen MR) is 120 cm³/mol. The minimum Gasteiger partial charge on any atom is -0.271 e. The molecule has 0 unspecified atom stereocenters. The highest BCUT2D eigenvalue weighted by Gasteiger charge is 2.32. The van der Waals surface area contributed by atoms with Gasteiger partial charge in [0.25, 0.3) is 5.56 Å². The average molecular weight is 459 g/mol. The maximum absolute atomic E-state index is 12.1. The number of aromatic nitrogens is 4. The van der Waals surface area contributed by atoms with Crippen molar-refractivity contribution < 1.29 is 0 Å². The van der Waals surface area contributed by atoms with Crippen LogP contribution in [0.1, 0.15) is 24.4 Å². The van der Waals surface area contributed by atoms with E-state index in [1.807, 2.05) is 49.6 Å². The maximum atomic E-state index is 12.1. The van der Waals surface area contributed by atoms with Gasteiger partial charge >= 0.3 is 5.69 Å². The van der Waals surface area contributed by atoms with E-state index in [-0.39, 0.29) is 0 Å². The molecule has 0 radical (unpaired) electrons. The number of aromatic amines is 1. The molecular weight excluding hydrogens is 443 g/mol. The number of hydrogen-bond donors (Lipinski definition) is 1. The van der Waals surface area contributed by atoms with Gasteiger partial charge in [0.15, 0.2) is 0 Å². The number of benzene rings is 2. The Bertz CT molecular complexity index is 1320. The Morgan fingerprint density at radius 3 is 2.37 bits per heavy atom. The molecule has 1 N–H and O–H groups in total. The van der Waals surface area contributed by atoms with E-state index in [1.165, 1.54) is 11.3 Å². The molecule has 0 aliphatic rings. The van der Waals surface area contributed by atoms with E-state index in [2.05, 4.69) is 10.1 Å². The lowest BCUT2D eigenvalue weighted by Gasteiger charge is -2.25. The normalized spacial score (nSPS) is 11.6. The van der Waals surface area contributed by atoms with Crippen molar-refractivity contribution >= 4 is 34.5 Å². The molecule has 0 bridgehead atoms. The van der Waals surface area contributed by atoms with Crippen LogP contribution in [0.25, 0.3) is 16.9 Å². The topological polar surface area (TPSA) is 80.6 Å². The molecule has 2 aromatic carbocycles. The Morgan fingerprint density at radius 1 is 1.07 bits per heavy atom. The van der Waals surface area contributed by atoms with Crippen LogP contribution in [0.15, 0.2) is 63.6 Å². The molecule has 4 rings (SSSR count). The largest absolute Gasteiger partial charge is 0.349 e. The molecule has 2 heterocycles. The van der Waals surface area contributed by atoms with Crippen molar-refractivity contribution in [1.29, 1.82) is 0 Å². The van der Waals surface area contributed by atoms with Crippen molar-refractivity contribution in [2.75, 3.05) is 0 Å². The van der Waals surface area contributed by atoms with Crippen molar-refractivity contribution in [1.82, 2.24) is 19.7 Å². The van der Waals surface area contributed by atoms with Crippen LogP contribution in [0, 0.1) is 0 Å². The summed E-state index contributed by atoms with van der Waals surface area (Å²) in [5.74, 6) is 0. The molecule has 30 heavy (non-hydrogen) atoms.